The van der Waals surface area contributed by atoms with Crippen molar-refractivity contribution in [1.29, 1.82) is 0 Å². The molecule has 0 spiro atoms. The number of carbonyl (C=O) groups excluding carboxylic acids is 1. The third-order valence-corrected chi connectivity index (χ3v) is 7.28. The largest absolute Gasteiger partial charge is 0.365 e. The summed E-state index contributed by atoms with van der Waals surface area (Å²) >= 11 is 7.61. The molecule has 3 aromatic rings. The number of rotatable bonds is 7. The first kappa shape index (κ1) is 23.9. The molecule has 33 heavy (non-hydrogen) atoms. The highest BCUT2D eigenvalue weighted by atomic mass is 35.5. The Bertz CT molecular complexity index is 1060. The summed E-state index contributed by atoms with van der Waals surface area (Å²) < 4.78 is 2.33. The lowest BCUT2D eigenvalue weighted by molar-refractivity contribution is 0.0750. The minimum absolute atomic E-state index is 0.00624. The molecule has 0 unspecified atom stereocenters. The van der Waals surface area contributed by atoms with Gasteiger partial charge in [-0.15, -0.1) is 11.3 Å². The third kappa shape index (κ3) is 6.22. The molecule has 1 aliphatic heterocycles. The van der Waals surface area contributed by atoms with E-state index in [-0.39, 0.29) is 5.91 Å². The number of thiophene rings is 1. The zero-order valence-electron chi connectivity index (χ0n) is 19.6. The molecular weight excluding hydrogens is 454 g/mol. The summed E-state index contributed by atoms with van der Waals surface area (Å²) in [5, 5.41) is 8.21. The minimum atomic E-state index is -0.513. The van der Waals surface area contributed by atoms with Crippen molar-refractivity contribution >= 4 is 34.7 Å². The van der Waals surface area contributed by atoms with E-state index in [9.17, 15) is 4.79 Å². The van der Waals surface area contributed by atoms with Crippen LogP contribution in [0.5, 0.6) is 0 Å². The molecule has 0 bridgehead atoms. The predicted molar refractivity (Wildman–Crippen MR) is 135 cm³/mol. The number of anilines is 1. The van der Waals surface area contributed by atoms with Gasteiger partial charge in [-0.3, -0.25) is 9.78 Å². The van der Waals surface area contributed by atoms with Crippen LogP contribution in [0, 0.1) is 5.41 Å². The number of nitrogens with zero attached hydrogens (tertiary/aromatic N) is 4. The molecule has 1 aliphatic rings. The van der Waals surface area contributed by atoms with E-state index in [0.717, 1.165) is 65.3 Å². The quantitative estimate of drug-likeness (QED) is 0.464. The Morgan fingerprint density at radius 3 is 2.64 bits per heavy atom. The Balaban J connectivity index is 1.41. The van der Waals surface area contributed by atoms with Crippen molar-refractivity contribution in [3.05, 3.63) is 63.2 Å². The van der Waals surface area contributed by atoms with E-state index in [2.05, 4.69) is 27.3 Å². The molecule has 3 aromatic heterocycles. The van der Waals surface area contributed by atoms with Crippen LogP contribution in [-0.2, 0) is 13.0 Å². The standard InChI is InChI=1S/C25H32ClN5OS/c1-25(2,3)24(32)31-23(28-17-20-7-8-22(26)33-20)16-21(29-31)18-9-13-30(14-10-18)15-11-19-6-4-5-12-27-19/h4-8,12,16,18,28H,9-11,13-15,17H2,1-3H3. The van der Waals surface area contributed by atoms with Gasteiger partial charge in [-0.05, 0) is 50.2 Å². The number of nitrogens with one attached hydrogen (secondary N) is 1. The minimum Gasteiger partial charge on any atom is -0.365 e. The van der Waals surface area contributed by atoms with Crippen molar-refractivity contribution in [2.75, 3.05) is 25.0 Å². The van der Waals surface area contributed by atoms with Gasteiger partial charge in [0.05, 0.1) is 16.6 Å². The first-order valence-corrected chi connectivity index (χ1v) is 12.7. The van der Waals surface area contributed by atoms with E-state index >= 15 is 0 Å². The van der Waals surface area contributed by atoms with Crippen LogP contribution in [0.1, 0.15) is 60.6 Å². The fraction of sp³-hybridized carbons (Fsp3) is 0.480. The molecule has 0 atom stereocenters. The van der Waals surface area contributed by atoms with Gasteiger partial charge in [-0.25, -0.2) is 0 Å². The zero-order chi connectivity index (χ0) is 23.4. The van der Waals surface area contributed by atoms with Gasteiger partial charge in [-0.2, -0.15) is 9.78 Å². The molecule has 8 heteroatoms. The smallest absolute Gasteiger partial charge is 0.254 e. The lowest BCUT2D eigenvalue weighted by Gasteiger charge is -2.31. The number of halogens is 1. The highest BCUT2D eigenvalue weighted by Gasteiger charge is 2.29. The maximum absolute atomic E-state index is 13.1. The third-order valence-electron chi connectivity index (χ3n) is 6.05. The summed E-state index contributed by atoms with van der Waals surface area (Å²) in [6.07, 6.45) is 4.92. The van der Waals surface area contributed by atoms with E-state index in [1.165, 1.54) is 0 Å². The van der Waals surface area contributed by atoms with Crippen LogP contribution in [0.2, 0.25) is 4.34 Å². The molecule has 1 fully saturated rings. The van der Waals surface area contributed by atoms with Crippen LogP contribution >= 0.6 is 22.9 Å². The molecule has 4 rings (SSSR count). The number of piperidine rings is 1. The van der Waals surface area contributed by atoms with Crippen molar-refractivity contribution in [2.45, 2.75) is 52.5 Å². The van der Waals surface area contributed by atoms with E-state index in [1.807, 2.05) is 51.2 Å². The monoisotopic (exact) mass is 485 g/mol. The average molecular weight is 486 g/mol. The number of likely N-dealkylation sites (tertiary alicyclic amines) is 1. The van der Waals surface area contributed by atoms with Gasteiger partial charge in [-0.1, -0.05) is 38.4 Å². The number of hydrogen-bond acceptors (Lipinski definition) is 6. The lowest BCUT2D eigenvalue weighted by Crippen LogP contribution is -2.34. The van der Waals surface area contributed by atoms with Crippen LogP contribution < -0.4 is 5.32 Å². The van der Waals surface area contributed by atoms with E-state index in [4.69, 9.17) is 16.7 Å². The zero-order valence-corrected chi connectivity index (χ0v) is 21.1. The molecule has 0 aromatic carbocycles. The Morgan fingerprint density at radius 2 is 2.00 bits per heavy atom. The van der Waals surface area contributed by atoms with Crippen LogP contribution in [0.4, 0.5) is 5.82 Å². The number of aromatic nitrogens is 3. The predicted octanol–water partition coefficient (Wildman–Crippen LogP) is 5.71. The molecule has 0 radical (unpaired) electrons. The second kappa shape index (κ2) is 10.4. The highest BCUT2D eigenvalue weighted by Crippen LogP contribution is 2.31. The Morgan fingerprint density at radius 1 is 1.21 bits per heavy atom. The van der Waals surface area contributed by atoms with Crippen LogP contribution in [0.15, 0.2) is 42.6 Å². The summed E-state index contributed by atoms with van der Waals surface area (Å²) in [6, 6.07) is 12.1. The molecule has 6 nitrogen and oxygen atoms in total. The fourth-order valence-electron chi connectivity index (χ4n) is 4.09. The van der Waals surface area contributed by atoms with Crippen molar-refractivity contribution in [3.63, 3.8) is 0 Å². The van der Waals surface area contributed by atoms with Crippen molar-refractivity contribution in [1.82, 2.24) is 19.7 Å². The fourth-order valence-corrected chi connectivity index (χ4v) is 5.12. The molecule has 1 N–H and O–H groups in total. The maximum Gasteiger partial charge on any atom is 0.254 e. The summed E-state index contributed by atoms with van der Waals surface area (Å²) in [5.41, 5.74) is 1.63. The number of pyridine rings is 1. The summed E-state index contributed by atoms with van der Waals surface area (Å²) in [4.78, 5) is 21.2. The number of hydrogen-bond donors (Lipinski definition) is 1. The molecule has 4 heterocycles. The van der Waals surface area contributed by atoms with Gasteiger partial charge in [0.2, 0.25) is 0 Å². The first-order chi connectivity index (χ1) is 15.8. The van der Waals surface area contributed by atoms with Crippen LogP contribution in [-0.4, -0.2) is 45.2 Å². The lowest BCUT2D eigenvalue weighted by atomic mass is 9.93. The topological polar surface area (TPSA) is 63.1 Å². The van der Waals surface area contributed by atoms with E-state index < -0.39 is 5.41 Å². The van der Waals surface area contributed by atoms with Gasteiger partial charge in [0.25, 0.3) is 5.91 Å². The molecule has 176 valence electrons. The molecular formula is C25H32ClN5OS. The Hall–Kier alpha value is -2.22. The molecule has 0 saturated carbocycles. The Kier molecular flexibility index (Phi) is 7.51. The van der Waals surface area contributed by atoms with Gasteiger partial charge in [0.1, 0.15) is 5.82 Å². The molecule has 0 amide bonds. The van der Waals surface area contributed by atoms with Gasteiger partial charge in [0, 0.05) is 47.1 Å². The normalized spacial score (nSPS) is 15.6. The summed E-state index contributed by atoms with van der Waals surface area (Å²) in [6.45, 7) is 9.50. The van der Waals surface area contributed by atoms with Crippen LogP contribution in [0.25, 0.3) is 0 Å². The first-order valence-electron chi connectivity index (χ1n) is 11.5. The Labute approximate surface area is 205 Å². The SMILES string of the molecule is CC(C)(C)C(=O)n1nc(C2CCN(CCc3ccccn3)CC2)cc1NCc1ccc(Cl)s1. The van der Waals surface area contributed by atoms with Gasteiger partial charge >= 0.3 is 0 Å². The number of carbonyl (C=O) groups is 1. The van der Waals surface area contributed by atoms with Gasteiger partial charge in [0.15, 0.2) is 0 Å². The summed E-state index contributed by atoms with van der Waals surface area (Å²) in [5.74, 6) is 1.11. The second-order valence-corrected chi connectivity index (χ2v) is 11.5. The highest BCUT2D eigenvalue weighted by molar-refractivity contribution is 7.16. The molecule has 0 aliphatic carbocycles. The average Bonchev–Trinajstić information content (AvgIpc) is 3.42. The van der Waals surface area contributed by atoms with Gasteiger partial charge < -0.3 is 10.2 Å². The van der Waals surface area contributed by atoms with Crippen molar-refractivity contribution < 1.29 is 4.79 Å². The molecule has 1 saturated heterocycles. The second-order valence-electron chi connectivity index (χ2n) is 9.67. The van der Waals surface area contributed by atoms with Crippen molar-refractivity contribution in [3.8, 4) is 0 Å². The van der Waals surface area contributed by atoms with Crippen molar-refractivity contribution in [2.24, 2.45) is 5.41 Å². The van der Waals surface area contributed by atoms with Crippen LogP contribution in [0.3, 0.4) is 0 Å². The van der Waals surface area contributed by atoms with E-state index in [0.29, 0.717) is 12.5 Å². The van der Waals surface area contributed by atoms with E-state index in [1.54, 1.807) is 16.0 Å². The maximum atomic E-state index is 13.1. The summed E-state index contributed by atoms with van der Waals surface area (Å²) in [7, 11) is 0.